The van der Waals surface area contributed by atoms with Crippen molar-refractivity contribution in [2.75, 3.05) is 4.90 Å². The van der Waals surface area contributed by atoms with Crippen molar-refractivity contribution < 1.29 is 0 Å². The topological polar surface area (TPSA) is 16.1 Å². The smallest absolute Gasteiger partial charge is 0.145 e. The minimum atomic E-state index is 0.917. The van der Waals surface area contributed by atoms with E-state index in [1.54, 1.807) is 0 Å². The molecule has 0 N–H and O–H groups in total. The molecule has 0 spiro atoms. The van der Waals surface area contributed by atoms with E-state index in [1.807, 2.05) is 6.20 Å². The van der Waals surface area contributed by atoms with Crippen LogP contribution in [0.5, 0.6) is 0 Å². The number of fused-ring (bicyclic) bond motifs is 3. The summed E-state index contributed by atoms with van der Waals surface area (Å²) >= 11 is 0. The van der Waals surface area contributed by atoms with Crippen molar-refractivity contribution in [1.29, 1.82) is 0 Å². The molecular weight excluding hydrogens is 520 g/mol. The highest BCUT2D eigenvalue weighted by Crippen LogP contribution is 2.44. The summed E-state index contributed by atoms with van der Waals surface area (Å²) in [5.41, 5.74) is 7.10. The first-order valence-electron chi connectivity index (χ1n) is 14.6. The van der Waals surface area contributed by atoms with Gasteiger partial charge >= 0.3 is 0 Å². The van der Waals surface area contributed by atoms with Gasteiger partial charge in [0.2, 0.25) is 0 Å². The summed E-state index contributed by atoms with van der Waals surface area (Å²) < 4.78 is 0. The normalized spacial score (nSPS) is 11.3. The fourth-order valence-electron chi connectivity index (χ4n) is 6.38. The molecule has 0 unspecified atom stereocenters. The highest BCUT2D eigenvalue weighted by molar-refractivity contribution is 6.21. The van der Waals surface area contributed by atoms with Gasteiger partial charge in [0.1, 0.15) is 5.82 Å². The molecule has 8 rings (SSSR count). The third-order valence-electron chi connectivity index (χ3n) is 8.29. The number of hydrogen-bond donors (Lipinski definition) is 0. The lowest BCUT2D eigenvalue weighted by Crippen LogP contribution is -2.11. The second kappa shape index (κ2) is 10.6. The van der Waals surface area contributed by atoms with E-state index < -0.39 is 0 Å². The molecular formula is C41H28N2. The number of nitrogens with zero attached hydrogens (tertiary/aromatic N) is 2. The Labute approximate surface area is 251 Å². The van der Waals surface area contributed by atoms with E-state index in [0.717, 1.165) is 22.6 Å². The molecule has 0 fully saturated rings. The maximum absolute atomic E-state index is 4.89. The van der Waals surface area contributed by atoms with E-state index in [2.05, 4.69) is 169 Å². The molecule has 0 radical (unpaired) electrons. The van der Waals surface area contributed by atoms with E-state index in [1.165, 1.54) is 49.2 Å². The Morgan fingerprint density at radius 1 is 0.349 bits per heavy atom. The molecule has 0 amide bonds. The monoisotopic (exact) mass is 548 g/mol. The van der Waals surface area contributed by atoms with Crippen LogP contribution in [0.25, 0.3) is 54.6 Å². The molecule has 0 aliphatic rings. The van der Waals surface area contributed by atoms with Crippen LogP contribution in [0.1, 0.15) is 0 Å². The molecule has 0 saturated carbocycles. The predicted octanol–water partition coefficient (Wildman–Crippen LogP) is 11.3. The third-order valence-corrected chi connectivity index (χ3v) is 8.29. The molecule has 1 aromatic heterocycles. The SMILES string of the molecule is c1ccc(-c2c3ccccc3c(-c3ccc(N(c4ccccc4)c4nccc5ccccc45)cc3)c3ccccc23)cc1. The van der Waals surface area contributed by atoms with Gasteiger partial charge in [-0.05, 0) is 79.5 Å². The molecule has 0 saturated heterocycles. The Kier molecular flexibility index (Phi) is 6.16. The Hall–Kier alpha value is -5.73. The van der Waals surface area contributed by atoms with Crippen molar-refractivity contribution in [3.8, 4) is 22.3 Å². The lowest BCUT2D eigenvalue weighted by molar-refractivity contribution is 1.20. The largest absolute Gasteiger partial charge is 0.295 e. The zero-order valence-electron chi connectivity index (χ0n) is 23.6. The summed E-state index contributed by atoms with van der Waals surface area (Å²) in [7, 11) is 0. The molecule has 1 heterocycles. The number of pyridine rings is 1. The van der Waals surface area contributed by atoms with Gasteiger partial charge in [0.25, 0.3) is 0 Å². The van der Waals surface area contributed by atoms with Crippen LogP contribution < -0.4 is 4.90 Å². The van der Waals surface area contributed by atoms with Crippen molar-refractivity contribution >= 4 is 49.5 Å². The predicted molar refractivity (Wildman–Crippen MR) is 182 cm³/mol. The number of rotatable bonds is 5. The van der Waals surface area contributed by atoms with Crippen LogP contribution in [0, 0.1) is 0 Å². The number of hydrogen-bond acceptors (Lipinski definition) is 2. The number of anilines is 3. The highest BCUT2D eigenvalue weighted by atomic mass is 15.2. The minimum Gasteiger partial charge on any atom is -0.295 e. The van der Waals surface area contributed by atoms with E-state index in [9.17, 15) is 0 Å². The number of para-hydroxylation sites is 1. The first-order valence-corrected chi connectivity index (χ1v) is 14.6. The molecule has 0 atom stereocenters. The fraction of sp³-hybridized carbons (Fsp3) is 0. The van der Waals surface area contributed by atoms with Gasteiger partial charge in [-0.1, -0.05) is 133 Å². The summed E-state index contributed by atoms with van der Waals surface area (Å²) in [6.07, 6.45) is 1.90. The van der Waals surface area contributed by atoms with Crippen molar-refractivity contribution in [3.05, 3.63) is 170 Å². The van der Waals surface area contributed by atoms with E-state index in [4.69, 9.17) is 4.98 Å². The zero-order valence-corrected chi connectivity index (χ0v) is 23.6. The molecule has 0 aliphatic heterocycles. The Morgan fingerprint density at radius 2 is 0.791 bits per heavy atom. The Bertz CT molecular complexity index is 2160. The summed E-state index contributed by atoms with van der Waals surface area (Å²) in [4.78, 5) is 7.14. The van der Waals surface area contributed by atoms with Gasteiger partial charge in [0, 0.05) is 23.0 Å². The molecule has 202 valence electrons. The first-order chi connectivity index (χ1) is 21.4. The Morgan fingerprint density at radius 3 is 1.37 bits per heavy atom. The molecule has 8 aromatic rings. The van der Waals surface area contributed by atoms with Crippen molar-refractivity contribution in [1.82, 2.24) is 4.98 Å². The first kappa shape index (κ1) is 25.0. The van der Waals surface area contributed by atoms with Gasteiger partial charge in [0.05, 0.1) is 0 Å². The van der Waals surface area contributed by atoms with Crippen molar-refractivity contribution in [3.63, 3.8) is 0 Å². The summed E-state index contributed by atoms with van der Waals surface area (Å²) in [6.45, 7) is 0. The van der Waals surface area contributed by atoms with Gasteiger partial charge in [-0.25, -0.2) is 4.98 Å². The van der Waals surface area contributed by atoms with Gasteiger partial charge in [-0.3, -0.25) is 4.90 Å². The van der Waals surface area contributed by atoms with Crippen molar-refractivity contribution in [2.45, 2.75) is 0 Å². The van der Waals surface area contributed by atoms with Crippen LogP contribution in [-0.2, 0) is 0 Å². The maximum Gasteiger partial charge on any atom is 0.145 e. The summed E-state index contributed by atoms with van der Waals surface area (Å²) in [5, 5.41) is 7.31. The number of aromatic nitrogens is 1. The second-order valence-electron chi connectivity index (χ2n) is 10.8. The quantitative estimate of drug-likeness (QED) is 0.199. The average molecular weight is 549 g/mol. The van der Waals surface area contributed by atoms with Gasteiger partial charge in [0.15, 0.2) is 0 Å². The average Bonchev–Trinajstić information content (AvgIpc) is 3.09. The van der Waals surface area contributed by atoms with E-state index in [0.29, 0.717) is 0 Å². The lowest BCUT2D eigenvalue weighted by Gasteiger charge is -2.26. The molecule has 0 bridgehead atoms. The minimum absolute atomic E-state index is 0.917. The van der Waals surface area contributed by atoms with E-state index in [-0.39, 0.29) is 0 Å². The third kappa shape index (κ3) is 4.32. The van der Waals surface area contributed by atoms with Crippen LogP contribution in [0.15, 0.2) is 170 Å². The van der Waals surface area contributed by atoms with Gasteiger partial charge < -0.3 is 0 Å². The zero-order chi connectivity index (χ0) is 28.6. The van der Waals surface area contributed by atoms with Crippen molar-refractivity contribution in [2.24, 2.45) is 0 Å². The Balaban J connectivity index is 1.33. The van der Waals surface area contributed by atoms with Crippen LogP contribution in [0.2, 0.25) is 0 Å². The highest BCUT2D eigenvalue weighted by Gasteiger charge is 2.19. The van der Waals surface area contributed by atoms with Gasteiger partial charge in [-0.2, -0.15) is 0 Å². The van der Waals surface area contributed by atoms with Crippen LogP contribution in [0.4, 0.5) is 17.2 Å². The fourth-order valence-corrected chi connectivity index (χ4v) is 6.38. The summed E-state index contributed by atoms with van der Waals surface area (Å²) in [5.74, 6) is 0.917. The van der Waals surface area contributed by atoms with E-state index >= 15 is 0 Å². The maximum atomic E-state index is 4.89. The van der Waals surface area contributed by atoms with Crippen LogP contribution in [-0.4, -0.2) is 4.98 Å². The van der Waals surface area contributed by atoms with Crippen LogP contribution >= 0.6 is 0 Å². The molecule has 7 aromatic carbocycles. The molecule has 0 aliphatic carbocycles. The van der Waals surface area contributed by atoms with Crippen LogP contribution in [0.3, 0.4) is 0 Å². The summed E-state index contributed by atoms with van der Waals surface area (Å²) in [6, 6.07) is 58.3. The number of benzene rings is 7. The molecule has 2 nitrogen and oxygen atoms in total. The standard InChI is InChI=1S/C41H28N2/c1-3-14-30(15-4-1)39-35-19-9-11-21-37(35)40(38-22-12-10-20-36(38)39)31-23-25-33(26-24-31)43(32-16-5-2-6-17-32)41-34-18-8-7-13-29(34)27-28-42-41/h1-28H. The van der Waals surface area contributed by atoms with Gasteiger partial charge in [-0.15, -0.1) is 0 Å². The molecule has 2 heteroatoms. The molecule has 43 heavy (non-hydrogen) atoms. The lowest BCUT2D eigenvalue weighted by atomic mass is 9.86. The second-order valence-corrected chi connectivity index (χ2v) is 10.8.